The lowest BCUT2D eigenvalue weighted by atomic mass is 10.1. The van der Waals surface area contributed by atoms with Gasteiger partial charge in [-0.1, -0.05) is 37.3 Å². The van der Waals surface area contributed by atoms with Gasteiger partial charge in [-0.15, -0.1) is 11.8 Å². The average molecular weight is 303 g/mol. The van der Waals surface area contributed by atoms with Crippen molar-refractivity contribution < 1.29 is 4.39 Å². The van der Waals surface area contributed by atoms with Crippen LogP contribution in [-0.4, -0.2) is 12.3 Å². The van der Waals surface area contributed by atoms with Crippen LogP contribution in [0.4, 0.5) is 4.39 Å². The number of aryl methyl sites for hydroxylation is 1. The van der Waals surface area contributed by atoms with Crippen LogP contribution < -0.4 is 5.32 Å². The fourth-order valence-electron chi connectivity index (χ4n) is 2.11. The maximum Gasteiger partial charge on any atom is 0.126 e. The molecule has 0 amide bonds. The summed E-state index contributed by atoms with van der Waals surface area (Å²) in [5, 5.41) is 3.52. The summed E-state index contributed by atoms with van der Waals surface area (Å²) >= 11 is 1.80. The van der Waals surface area contributed by atoms with Crippen molar-refractivity contribution in [2.24, 2.45) is 0 Å². The minimum atomic E-state index is -0.125. The van der Waals surface area contributed by atoms with E-state index in [1.165, 1.54) is 4.90 Å². The number of hydrogen-bond acceptors (Lipinski definition) is 2. The first-order valence-electron chi connectivity index (χ1n) is 7.38. The first kappa shape index (κ1) is 16.1. The van der Waals surface area contributed by atoms with Gasteiger partial charge >= 0.3 is 0 Å². The third kappa shape index (κ3) is 4.87. The van der Waals surface area contributed by atoms with E-state index in [0.29, 0.717) is 5.56 Å². The predicted molar refractivity (Wildman–Crippen MR) is 89.3 cm³/mol. The standard InChI is InChI=1S/C18H22FNS/c1-3-11-20-18(13-21-16-7-5-4-6-8-16)15-10-9-14(2)17(19)12-15/h4-10,12,18,20H,3,11,13H2,1-2H3. The molecule has 0 radical (unpaired) electrons. The van der Waals surface area contributed by atoms with Crippen LogP contribution in [0.15, 0.2) is 53.4 Å². The Hall–Kier alpha value is -1.32. The molecule has 0 aliphatic rings. The number of rotatable bonds is 7. The highest BCUT2D eigenvalue weighted by molar-refractivity contribution is 7.99. The SMILES string of the molecule is CCCNC(CSc1ccccc1)c1ccc(C)c(F)c1. The Morgan fingerprint density at radius 1 is 1.14 bits per heavy atom. The van der Waals surface area contributed by atoms with Crippen LogP contribution in [0.25, 0.3) is 0 Å². The molecule has 0 aliphatic heterocycles. The van der Waals surface area contributed by atoms with Gasteiger partial charge in [-0.3, -0.25) is 0 Å². The van der Waals surface area contributed by atoms with E-state index in [4.69, 9.17) is 0 Å². The lowest BCUT2D eigenvalue weighted by Crippen LogP contribution is -2.24. The van der Waals surface area contributed by atoms with E-state index < -0.39 is 0 Å². The Labute approximate surface area is 131 Å². The minimum Gasteiger partial charge on any atom is -0.309 e. The van der Waals surface area contributed by atoms with Crippen LogP contribution in [0.5, 0.6) is 0 Å². The van der Waals surface area contributed by atoms with E-state index >= 15 is 0 Å². The van der Waals surface area contributed by atoms with Gasteiger partial charge in [0.25, 0.3) is 0 Å². The Morgan fingerprint density at radius 3 is 2.57 bits per heavy atom. The minimum absolute atomic E-state index is 0.125. The molecule has 2 aromatic rings. The van der Waals surface area contributed by atoms with Crippen LogP contribution in [0.3, 0.4) is 0 Å². The molecule has 112 valence electrons. The van der Waals surface area contributed by atoms with E-state index in [2.05, 4.69) is 24.4 Å². The van der Waals surface area contributed by atoms with Gasteiger partial charge in [-0.05, 0) is 49.2 Å². The molecule has 0 fully saturated rings. The second-order valence-electron chi connectivity index (χ2n) is 5.14. The number of benzene rings is 2. The highest BCUT2D eigenvalue weighted by Crippen LogP contribution is 2.25. The van der Waals surface area contributed by atoms with Crippen LogP contribution in [-0.2, 0) is 0 Å². The molecular weight excluding hydrogens is 281 g/mol. The molecule has 0 aromatic heterocycles. The van der Waals surface area contributed by atoms with Crippen molar-refractivity contribution in [1.29, 1.82) is 0 Å². The number of hydrogen-bond donors (Lipinski definition) is 1. The quantitative estimate of drug-likeness (QED) is 0.725. The molecular formula is C18H22FNS. The average Bonchev–Trinajstić information content (AvgIpc) is 2.51. The molecule has 2 aromatic carbocycles. The van der Waals surface area contributed by atoms with Crippen LogP contribution in [0.1, 0.15) is 30.5 Å². The molecule has 1 N–H and O–H groups in total. The Kier molecular flexibility index (Phi) is 6.27. The number of halogens is 1. The molecule has 21 heavy (non-hydrogen) atoms. The summed E-state index contributed by atoms with van der Waals surface area (Å²) in [6.45, 7) is 4.88. The zero-order valence-corrected chi connectivity index (χ0v) is 13.4. The van der Waals surface area contributed by atoms with Crippen molar-refractivity contribution in [3.05, 3.63) is 65.5 Å². The Morgan fingerprint density at radius 2 is 1.90 bits per heavy atom. The van der Waals surface area contributed by atoms with E-state index in [1.54, 1.807) is 24.8 Å². The fraction of sp³-hybridized carbons (Fsp3) is 0.333. The Bertz CT molecular complexity index is 556. The summed E-state index contributed by atoms with van der Waals surface area (Å²) in [6, 6.07) is 16.0. The van der Waals surface area contributed by atoms with Crippen molar-refractivity contribution in [2.45, 2.75) is 31.2 Å². The zero-order chi connectivity index (χ0) is 15.1. The van der Waals surface area contributed by atoms with Crippen LogP contribution in [0, 0.1) is 12.7 Å². The van der Waals surface area contributed by atoms with Crippen molar-refractivity contribution in [3.63, 3.8) is 0 Å². The topological polar surface area (TPSA) is 12.0 Å². The van der Waals surface area contributed by atoms with E-state index in [9.17, 15) is 4.39 Å². The summed E-state index contributed by atoms with van der Waals surface area (Å²) in [4.78, 5) is 1.24. The summed E-state index contributed by atoms with van der Waals surface area (Å²) < 4.78 is 13.8. The predicted octanol–water partition coefficient (Wildman–Crippen LogP) is 4.97. The first-order chi connectivity index (χ1) is 10.2. The molecule has 1 unspecified atom stereocenters. The zero-order valence-electron chi connectivity index (χ0n) is 12.6. The highest BCUT2D eigenvalue weighted by Gasteiger charge is 2.12. The molecule has 0 saturated heterocycles. The monoisotopic (exact) mass is 303 g/mol. The fourth-order valence-corrected chi connectivity index (χ4v) is 3.13. The highest BCUT2D eigenvalue weighted by atomic mass is 32.2. The molecule has 0 saturated carbocycles. The molecule has 3 heteroatoms. The van der Waals surface area contributed by atoms with Gasteiger partial charge in [0.2, 0.25) is 0 Å². The van der Waals surface area contributed by atoms with Gasteiger partial charge in [-0.25, -0.2) is 4.39 Å². The maximum atomic E-state index is 13.8. The van der Waals surface area contributed by atoms with Gasteiger partial charge in [0.05, 0.1) is 0 Å². The van der Waals surface area contributed by atoms with Gasteiger partial charge in [-0.2, -0.15) is 0 Å². The normalized spacial score (nSPS) is 12.3. The molecule has 0 aliphatic carbocycles. The van der Waals surface area contributed by atoms with Crippen molar-refractivity contribution in [2.75, 3.05) is 12.3 Å². The van der Waals surface area contributed by atoms with E-state index in [-0.39, 0.29) is 11.9 Å². The van der Waals surface area contributed by atoms with Crippen LogP contribution in [0.2, 0.25) is 0 Å². The molecule has 0 spiro atoms. The largest absolute Gasteiger partial charge is 0.309 e. The van der Waals surface area contributed by atoms with Crippen molar-refractivity contribution in [3.8, 4) is 0 Å². The summed E-state index contributed by atoms with van der Waals surface area (Å²) in [5.74, 6) is 0.771. The summed E-state index contributed by atoms with van der Waals surface area (Å²) in [5.41, 5.74) is 1.72. The summed E-state index contributed by atoms with van der Waals surface area (Å²) in [6.07, 6.45) is 1.07. The molecule has 1 atom stereocenters. The molecule has 1 nitrogen and oxygen atoms in total. The maximum absolute atomic E-state index is 13.8. The van der Waals surface area contributed by atoms with Gasteiger partial charge in [0.15, 0.2) is 0 Å². The lowest BCUT2D eigenvalue weighted by Gasteiger charge is -2.19. The van der Waals surface area contributed by atoms with Gasteiger partial charge in [0.1, 0.15) is 5.82 Å². The third-order valence-corrected chi connectivity index (χ3v) is 4.50. The molecule has 0 heterocycles. The molecule has 2 rings (SSSR count). The lowest BCUT2D eigenvalue weighted by molar-refractivity contribution is 0.566. The van der Waals surface area contributed by atoms with E-state index in [1.807, 2.05) is 30.3 Å². The molecule has 0 bridgehead atoms. The van der Waals surface area contributed by atoms with Gasteiger partial charge < -0.3 is 5.32 Å². The van der Waals surface area contributed by atoms with E-state index in [0.717, 1.165) is 24.3 Å². The van der Waals surface area contributed by atoms with Gasteiger partial charge in [0, 0.05) is 16.7 Å². The van der Waals surface area contributed by atoms with Crippen molar-refractivity contribution in [1.82, 2.24) is 5.32 Å². The number of nitrogens with one attached hydrogen (secondary N) is 1. The number of thioether (sulfide) groups is 1. The van der Waals surface area contributed by atoms with Crippen LogP contribution >= 0.6 is 11.8 Å². The Balaban J connectivity index is 2.08. The van der Waals surface area contributed by atoms with Crippen molar-refractivity contribution >= 4 is 11.8 Å². The smallest absolute Gasteiger partial charge is 0.126 e. The third-order valence-electron chi connectivity index (χ3n) is 3.40. The second kappa shape index (κ2) is 8.20. The summed E-state index contributed by atoms with van der Waals surface area (Å²) in [7, 11) is 0. The first-order valence-corrected chi connectivity index (χ1v) is 8.36. The second-order valence-corrected chi connectivity index (χ2v) is 6.23.